The Hall–Kier alpha value is -1.62. The first kappa shape index (κ1) is 15.8. The summed E-state index contributed by atoms with van der Waals surface area (Å²) in [7, 11) is 0. The molecule has 21 heavy (non-hydrogen) atoms. The van der Waals surface area contributed by atoms with Crippen molar-refractivity contribution >= 4 is 5.91 Å². The van der Waals surface area contributed by atoms with Crippen molar-refractivity contribution in [3.8, 4) is 5.88 Å². The second-order valence-corrected chi connectivity index (χ2v) is 5.59. The van der Waals surface area contributed by atoms with E-state index in [4.69, 9.17) is 4.74 Å². The molecule has 0 atom stereocenters. The predicted octanol–water partition coefficient (Wildman–Crippen LogP) is 2.10. The number of carbonyl (C=O) groups is 1. The van der Waals surface area contributed by atoms with Crippen molar-refractivity contribution in [2.45, 2.75) is 33.1 Å². The van der Waals surface area contributed by atoms with Gasteiger partial charge in [-0.05, 0) is 43.7 Å². The Kier molecular flexibility index (Phi) is 5.17. The molecule has 5 nitrogen and oxygen atoms in total. The molecule has 1 amide bonds. The number of piperidine rings is 1. The third kappa shape index (κ3) is 3.35. The molecule has 1 aromatic rings. The number of amides is 1. The summed E-state index contributed by atoms with van der Waals surface area (Å²) in [6.45, 7) is 6.01. The van der Waals surface area contributed by atoms with E-state index in [1.54, 1.807) is 18.3 Å². The van der Waals surface area contributed by atoms with Gasteiger partial charge < -0.3 is 14.7 Å². The lowest BCUT2D eigenvalue weighted by molar-refractivity contribution is 0.0335. The van der Waals surface area contributed by atoms with E-state index in [0.29, 0.717) is 31.1 Å². The Morgan fingerprint density at radius 2 is 2.14 bits per heavy atom. The minimum atomic E-state index is -0.0332. The summed E-state index contributed by atoms with van der Waals surface area (Å²) in [5.41, 5.74) is 0.501. The minimum absolute atomic E-state index is 0.0194. The molecule has 0 aliphatic carbocycles. The van der Waals surface area contributed by atoms with Crippen molar-refractivity contribution in [1.82, 2.24) is 9.88 Å². The van der Waals surface area contributed by atoms with Gasteiger partial charge in [-0.2, -0.15) is 0 Å². The Morgan fingerprint density at radius 3 is 2.71 bits per heavy atom. The maximum absolute atomic E-state index is 12.6. The minimum Gasteiger partial charge on any atom is -0.477 e. The molecule has 1 aromatic heterocycles. The Balaban J connectivity index is 2.09. The van der Waals surface area contributed by atoms with Gasteiger partial charge in [0.15, 0.2) is 0 Å². The number of aliphatic hydroxyl groups excluding tert-OH is 1. The molecule has 2 heterocycles. The van der Waals surface area contributed by atoms with Gasteiger partial charge in [0.25, 0.3) is 5.91 Å². The number of hydrogen-bond donors (Lipinski definition) is 1. The standard InChI is InChI=1S/C16H24N2O3/c1-3-16(12-19)7-10-18(11-8-16)15(20)13-6-5-9-17-14(13)21-4-2/h5-6,9,19H,3-4,7-8,10-12H2,1-2H3. The van der Waals surface area contributed by atoms with E-state index in [1.807, 2.05) is 11.8 Å². The van der Waals surface area contributed by atoms with Crippen molar-refractivity contribution in [3.63, 3.8) is 0 Å². The lowest BCUT2D eigenvalue weighted by atomic mass is 9.77. The van der Waals surface area contributed by atoms with Crippen molar-refractivity contribution in [3.05, 3.63) is 23.9 Å². The van der Waals surface area contributed by atoms with Crippen LogP contribution in [0.4, 0.5) is 0 Å². The fourth-order valence-electron chi connectivity index (χ4n) is 2.78. The molecule has 0 aromatic carbocycles. The molecule has 0 saturated carbocycles. The largest absolute Gasteiger partial charge is 0.477 e. The predicted molar refractivity (Wildman–Crippen MR) is 80.4 cm³/mol. The number of aliphatic hydroxyl groups is 1. The lowest BCUT2D eigenvalue weighted by Crippen LogP contribution is -2.44. The van der Waals surface area contributed by atoms with Gasteiger partial charge >= 0.3 is 0 Å². The first-order valence-electron chi connectivity index (χ1n) is 7.63. The van der Waals surface area contributed by atoms with E-state index in [2.05, 4.69) is 11.9 Å². The number of aromatic nitrogens is 1. The van der Waals surface area contributed by atoms with Crippen LogP contribution in [0.3, 0.4) is 0 Å². The normalized spacial score (nSPS) is 17.6. The van der Waals surface area contributed by atoms with E-state index in [0.717, 1.165) is 19.3 Å². The van der Waals surface area contributed by atoms with Gasteiger partial charge in [0, 0.05) is 25.9 Å². The van der Waals surface area contributed by atoms with Crippen molar-refractivity contribution in [1.29, 1.82) is 0 Å². The summed E-state index contributed by atoms with van der Waals surface area (Å²) >= 11 is 0. The van der Waals surface area contributed by atoms with E-state index in [1.165, 1.54) is 0 Å². The zero-order valence-corrected chi connectivity index (χ0v) is 12.8. The smallest absolute Gasteiger partial charge is 0.259 e. The summed E-state index contributed by atoms with van der Waals surface area (Å²) in [4.78, 5) is 18.6. The number of rotatable bonds is 5. The van der Waals surface area contributed by atoms with Gasteiger partial charge in [-0.25, -0.2) is 4.98 Å². The molecule has 1 saturated heterocycles. The Morgan fingerprint density at radius 1 is 1.43 bits per heavy atom. The van der Waals surface area contributed by atoms with Gasteiger partial charge in [-0.15, -0.1) is 0 Å². The first-order chi connectivity index (χ1) is 10.2. The van der Waals surface area contributed by atoms with Crippen LogP contribution >= 0.6 is 0 Å². The van der Waals surface area contributed by atoms with Crippen molar-refractivity contribution in [2.75, 3.05) is 26.3 Å². The second-order valence-electron chi connectivity index (χ2n) is 5.59. The van der Waals surface area contributed by atoms with Crippen LogP contribution in [-0.2, 0) is 0 Å². The molecule has 1 fully saturated rings. The van der Waals surface area contributed by atoms with Crippen LogP contribution in [0, 0.1) is 5.41 Å². The van der Waals surface area contributed by atoms with Crippen LogP contribution in [0.5, 0.6) is 5.88 Å². The van der Waals surface area contributed by atoms with Crippen molar-refractivity contribution < 1.29 is 14.6 Å². The molecule has 2 rings (SSSR count). The quantitative estimate of drug-likeness (QED) is 0.903. The van der Waals surface area contributed by atoms with Crippen LogP contribution in [-0.4, -0.2) is 47.2 Å². The van der Waals surface area contributed by atoms with Gasteiger partial charge in [0.05, 0.1) is 6.61 Å². The highest BCUT2D eigenvalue weighted by molar-refractivity contribution is 5.96. The maximum atomic E-state index is 12.6. The molecule has 116 valence electrons. The Labute approximate surface area is 125 Å². The molecular formula is C16H24N2O3. The molecule has 0 spiro atoms. The van der Waals surface area contributed by atoms with Gasteiger partial charge in [-0.3, -0.25) is 4.79 Å². The highest BCUT2D eigenvalue weighted by Crippen LogP contribution is 2.34. The molecule has 1 aliphatic heterocycles. The molecular weight excluding hydrogens is 268 g/mol. The molecule has 0 unspecified atom stereocenters. The molecule has 5 heteroatoms. The average molecular weight is 292 g/mol. The third-order valence-corrected chi connectivity index (χ3v) is 4.48. The highest BCUT2D eigenvalue weighted by Gasteiger charge is 2.34. The monoisotopic (exact) mass is 292 g/mol. The highest BCUT2D eigenvalue weighted by atomic mass is 16.5. The van der Waals surface area contributed by atoms with Crippen LogP contribution in [0.15, 0.2) is 18.3 Å². The second kappa shape index (κ2) is 6.89. The fourth-order valence-corrected chi connectivity index (χ4v) is 2.78. The van der Waals surface area contributed by atoms with E-state index in [9.17, 15) is 9.90 Å². The summed E-state index contributed by atoms with van der Waals surface area (Å²) < 4.78 is 5.43. The van der Waals surface area contributed by atoms with Crippen molar-refractivity contribution in [2.24, 2.45) is 5.41 Å². The SMILES string of the molecule is CCOc1ncccc1C(=O)N1CCC(CC)(CO)CC1. The molecule has 0 radical (unpaired) electrons. The van der Waals surface area contributed by atoms with Gasteiger partial charge in [-0.1, -0.05) is 6.92 Å². The number of likely N-dealkylation sites (tertiary alicyclic amines) is 1. The number of ether oxygens (including phenoxy) is 1. The molecule has 0 bridgehead atoms. The topological polar surface area (TPSA) is 62.7 Å². The fraction of sp³-hybridized carbons (Fsp3) is 0.625. The van der Waals surface area contributed by atoms with Crippen LogP contribution in [0.1, 0.15) is 43.5 Å². The Bertz CT molecular complexity index is 476. The summed E-state index contributed by atoms with van der Waals surface area (Å²) in [6.07, 6.45) is 4.26. The molecule has 1 aliphatic rings. The first-order valence-corrected chi connectivity index (χ1v) is 7.63. The average Bonchev–Trinajstić information content (AvgIpc) is 2.55. The zero-order chi connectivity index (χ0) is 15.3. The molecule has 1 N–H and O–H groups in total. The van der Waals surface area contributed by atoms with Gasteiger partial charge in [0.2, 0.25) is 5.88 Å². The van der Waals surface area contributed by atoms with E-state index >= 15 is 0 Å². The van der Waals surface area contributed by atoms with Crippen LogP contribution in [0.2, 0.25) is 0 Å². The summed E-state index contributed by atoms with van der Waals surface area (Å²) in [5.74, 6) is 0.369. The van der Waals surface area contributed by atoms with E-state index in [-0.39, 0.29) is 17.9 Å². The van der Waals surface area contributed by atoms with Crippen LogP contribution in [0.25, 0.3) is 0 Å². The lowest BCUT2D eigenvalue weighted by Gasteiger charge is -2.40. The number of carbonyl (C=O) groups excluding carboxylic acids is 1. The zero-order valence-electron chi connectivity index (χ0n) is 12.8. The van der Waals surface area contributed by atoms with Crippen LogP contribution < -0.4 is 4.74 Å². The summed E-state index contributed by atoms with van der Waals surface area (Å²) in [5, 5.41) is 9.56. The number of pyridine rings is 1. The van der Waals surface area contributed by atoms with Gasteiger partial charge in [0.1, 0.15) is 5.56 Å². The van der Waals surface area contributed by atoms with E-state index < -0.39 is 0 Å². The third-order valence-electron chi connectivity index (χ3n) is 4.48. The number of hydrogen-bond acceptors (Lipinski definition) is 4. The summed E-state index contributed by atoms with van der Waals surface area (Å²) in [6, 6.07) is 3.51. The maximum Gasteiger partial charge on any atom is 0.259 e. The number of nitrogens with zero attached hydrogens (tertiary/aromatic N) is 2.